The topological polar surface area (TPSA) is 78.7 Å². The lowest BCUT2D eigenvalue weighted by Gasteiger charge is -2.36. The molecule has 8 heteroatoms. The van der Waals surface area contributed by atoms with E-state index in [1.807, 2.05) is 23.1 Å². The van der Waals surface area contributed by atoms with Crippen LogP contribution in [-0.4, -0.2) is 56.0 Å². The number of nitrogens with zero attached hydrogens (tertiary/aromatic N) is 2. The zero-order valence-corrected chi connectivity index (χ0v) is 16.0. The fourth-order valence-electron chi connectivity index (χ4n) is 2.67. The molecule has 25 heavy (non-hydrogen) atoms. The van der Waals surface area contributed by atoms with Crippen LogP contribution < -0.4 is 16.0 Å². The third-order valence-electron chi connectivity index (χ3n) is 4.02. The van der Waals surface area contributed by atoms with E-state index in [9.17, 15) is 9.59 Å². The highest BCUT2D eigenvalue weighted by molar-refractivity contribution is 5.85. The van der Waals surface area contributed by atoms with Crippen LogP contribution in [0.4, 0.5) is 5.69 Å². The van der Waals surface area contributed by atoms with Gasteiger partial charge in [-0.1, -0.05) is 18.2 Å². The molecule has 0 radical (unpaired) electrons. The first-order chi connectivity index (χ1) is 11.2. The second-order valence-corrected chi connectivity index (χ2v) is 5.70. The molecule has 0 atom stereocenters. The molecule has 142 valence electrons. The SMILES string of the molecule is Cl.Cl.NCCCC(=O)NCCC(=O)N1CCN(c2ccccc2)CC1. The summed E-state index contributed by atoms with van der Waals surface area (Å²) < 4.78 is 0. The maximum Gasteiger partial charge on any atom is 0.224 e. The van der Waals surface area contributed by atoms with Crippen LogP contribution in [0.5, 0.6) is 0 Å². The Labute approximate surface area is 161 Å². The predicted molar refractivity (Wildman–Crippen MR) is 106 cm³/mol. The maximum absolute atomic E-state index is 12.2. The molecule has 2 amide bonds. The molecule has 0 saturated carbocycles. The summed E-state index contributed by atoms with van der Waals surface area (Å²) in [4.78, 5) is 27.8. The molecule has 3 N–H and O–H groups in total. The summed E-state index contributed by atoms with van der Waals surface area (Å²) in [5.41, 5.74) is 6.56. The summed E-state index contributed by atoms with van der Waals surface area (Å²) in [6.07, 6.45) is 1.47. The van der Waals surface area contributed by atoms with Crippen molar-refractivity contribution in [1.82, 2.24) is 10.2 Å². The molecule has 1 aliphatic heterocycles. The van der Waals surface area contributed by atoms with E-state index in [1.54, 1.807) is 0 Å². The number of nitrogens with two attached hydrogens (primary N) is 1. The van der Waals surface area contributed by atoms with E-state index in [1.165, 1.54) is 5.69 Å². The molecule has 2 rings (SSSR count). The smallest absolute Gasteiger partial charge is 0.224 e. The number of halogens is 2. The van der Waals surface area contributed by atoms with E-state index in [0.717, 1.165) is 26.2 Å². The molecule has 6 nitrogen and oxygen atoms in total. The molecule has 1 saturated heterocycles. The molecule has 0 unspecified atom stereocenters. The number of anilines is 1. The minimum Gasteiger partial charge on any atom is -0.368 e. The van der Waals surface area contributed by atoms with Gasteiger partial charge >= 0.3 is 0 Å². The lowest BCUT2D eigenvalue weighted by Crippen LogP contribution is -2.49. The highest BCUT2D eigenvalue weighted by atomic mass is 35.5. The number of amides is 2. The normalized spacial score (nSPS) is 13.5. The largest absolute Gasteiger partial charge is 0.368 e. The Morgan fingerprint density at radius 1 is 1.00 bits per heavy atom. The monoisotopic (exact) mass is 390 g/mol. The zero-order valence-electron chi connectivity index (χ0n) is 14.4. The van der Waals surface area contributed by atoms with Crippen molar-refractivity contribution in [3.63, 3.8) is 0 Å². The molecule has 1 fully saturated rings. The van der Waals surface area contributed by atoms with Crippen LogP contribution in [-0.2, 0) is 9.59 Å². The van der Waals surface area contributed by atoms with Gasteiger partial charge in [0.2, 0.25) is 11.8 Å². The number of carbonyl (C=O) groups excluding carboxylic acids is 2. The van der Waals surface area contributed by atoms with Crippen LogP contribution in [0.25, 0.3) is 0 Å². The van der Waals surface area contributed by atoms with Crippen molar-refractivity contribution in [2.75, 3.05) is 44.2 Å². The number of rotatable bonds is 7. The van der Waals surface area contributed by atoms with E-state index in [-0.39, 0.29) is 36.6 Å². The van der Waals surface area contributed by atoms with Gasteiger partial charge in [0.05, 0.1) is 0 Å². The Morgan fingerprint density at radius 2 is 1.64 bits per heavy atom. The molecule has 1 aromatic carbocycles. The van der Waals surface area contributed by atoms with E-state index < -0.39 is 0 Å². The first kappa shape index (κ1) is 23.5. The van der Waals surface area contributed by atoms with Crippen LogP contribution in [0.3, 0.4) is 0 Å². The second-order valence-electron chi connectivity index (χ2n) is 5.70. The van der Waals surface area contributed by atoms with Gasteiger partial charge in [0.1, 0.15) is 0 Å². The quantitative estimate of drug-likeness (QED) is 0.737. The average Bonchev–Trinajstić information content (AvgIpc) is 2.60. The van der Waals surface area contributed by atoms with Gasteiger partial charge in [0, 0.05) is 51.3 Å². The molecule has 1 aromatic rings. The highest BCUT2D eigenvalue weighted by Crippen LogP contribution is 2.15. The number of carbonyl (C=O) groups is 2. The molecule has 0 spiro atoms. The summed E-state index contributed by atoms with van der Waals surface area (Å²) in [6, 6.07) is 10.2. The standard InChI is InChI=1S/C17H26N4O2.2ClH/c18-9-4-7-16(22)19-10-8-17(23)21-13-11-20(12-14-21)15-5-2-1-3-6-15;;/h1-3,5-6H,4,7-14,18H2,(H,19,22);2*1H. The summed E-state index contributed by atoms with van der Waals surface area (Å²) in [6.45, 7) is 4.07. The summed E-state index contributed by atoms with van der Waals surface area (Å²) in [7, 11) is 0. The molecule has 0 bridgehead atoms. The van der Waals surface area contributed by atoms with Crippen molar-refractivity contribution in [1.29, 1.82) is 0 Å². The van der Waals surface area contributed by atoms with Gasteiger partial charge < -0.3 is 20.9 Å². The number of benzene rings is 1. The van der Waals surface area contributed by atoms with Gasteiger partial charge in [-0.25, -0.2) is 0 Å². The van der Waals surface area contributed by atoms with Gasteiger partial charge in [0.25, 0.3) is 0 Å². The van der Waals surface area contributed by atoms with E-state index in [4.69, 9.17) is 5.73 Å². The first-order valence-corrected chi connectivity index (χ1v) is 8.25. The molecule has 1 aliphatic rings. The van der Waals surface area contributed by atoms with Gasteiger partial charge in [-0.2, -0.15) is 0 Å². The number of hydrogen-bond donors (Lipinski definition) is 2. The zero-order chi connectivity index (χ0) is 16.5. The van der Waals surface area contributed by atoms with Crippen molar-refractivity contribution in [2.24, 2.45) is 5.73 Å². The van der Waals surface area contributed by atoms with Gasteiger partial charge in [0.15, 0.2) is 0 Å². The summed E-state index contributed by atoms with van der Waals surface area (Å²) in [5, 5.41) is 2.77. The Balaban J connectivity index is 0.00000288. The van der Waals surface area contributed by atoms with Gasteiger partial charge in [-0.3, -0.25) is 9.59 Å². The molecular formula is C17H28Cl2N4O2. The number of para-hydroxylation sites is 1. The Hall–Kier alpha value is -1.50. The number of piperazine rings is 1. The Morgan fingerprint density at radius 3 is 2.24 bits per heavy atom. The third-order valence-corrected chi connectivity index (χ3v) is 4.02. The summed E-state index contributed by atoms with van der Waals surface area (Å²) >= 11 is 0. The maximum atomic E-state index is 12.2. The fraction of sp³-hybridized carbons (Fsp3) is 0.529. The molecule has 0 aliphatic carbocycles. The van der Waals surface area contributed by atoms with Crippen LogP contribution in [0.2, 0.25) is 0 Å². The van der Waals surface area contributed by atoms with Crippen LogP contribution >= 0.6 is 24.8 Å². The summed E-state index contributed by atoms with van der Waals surface area (Å²) in [5.74, 6) is 0.0778. The average molecular weight is 391 g/mol. The Bertz CT molecular complexity index is 509. The van der Waals surface area contributed by atoms with Crippen LogP contribution in [0, 0.1) is 0 Å². The third kappa shape index (κ3) is 7.94. The lowest BCUT2D eigenvalue weighted by molar-refractivity contribution is -0.131. The van der Waals surface area contributed by atoms with E-state index in [2.05, 4.69) is 22.3 Å². The molecule has 1 heterocycles. The molecule has 0 aromatic heterocycles. The van der Waals surface area contributed by atoms with Crippen molar-refractivity contribution < 1.29 is 9.59 Å². The van der Waals surface area contributed by atoms with Crippen molar-refractivity contribution in [3.8, 4) is 0 Å². The van der Waals surface area contributed by atoms with Crippen molar-refractivity contribution >= 4 is 42.3 Å². The minimum absolute atomic E-state index is 0. The molecular weight excluding hydrogens is 363 g/mol. The minimum atomic E-state index is -0.0304. The number of nitrogens with one attached hydrogen (secondary N) is 1. The Kier molecular flexibility index (Phi) is 12.0. The second kappa shape index (κ2) is 12.8. The van der Waals surface area contributed by atoms with Crippen molar-refractivity contribution in [2.45, 2.75) is 19.3 Å². The van der Waals surface area contributed by atoms with E-state index >= 15 is 0 Å². The van der Waals surface area contributed by atoms with E-state index in [0.29, 0.717) is 32.4 Å². The van der Waals surface area contributed by atoms with Gasteiger partial charge in [-0.05, 0) is 25.1 Å². The fourth-order valence-corrected chi connectivity index (χ4v) is 2.67. The van der Waals surface area contributed by atoms with Crippen LogP contribution in [0.15, 0.2) is 30.3 Å². The van der Waals surface area contributed by atoms with Gasteiger partial charge in [-0.15, -0.1) is 24.8 Å². The van der Waals surface area contributed by atoms with Crippen molar-refractivity contribution in [3.05, 3.63) is 30.3 Å². The lowest BCUT2D eigenvalue weighted by atomic mass is 10.2. The number of hydrogen-bond acceptors (Lipinski definition) is 4. The van der Waals surface area contributed by atoms with Crippen LogP contribution in [0.1, 0.15) is 19.3 Å². The highest BCUT2D eigenvalue weighted by Gasteiger charge is 2.20. The predicted octanol–water partition coefficient (Wildman–Crippen LogP) is 1.42. The first-order valence-electron chi connectivity index (χ1n) is 8.25.